The van der Waals surface area contributed by atoms with Gasteiger partial charge in [-0.15, -0.1) is 11.8 Å². The van der Waals surface area contributed by atoms with E-state index in [4.69, 9.17) is 11.6 Å². The SMILES string of the molecule is CCC(Sc1cccc(NC(=O)Cc2ccc(Cl)cc2)c1)C(=O)Nc1cccc(C)c1C. The van der Waals surface area contributed by atoms with Crippen LogP contribution in [-0.2, 0) is 16.0 Å². The molecule has 0 aromatic heterocycles. The maximum absolute atomic E-state index is 12.9. The number of halogens is 1. The molecule has 3 rings (SSSR count). The first-order valence-corrected chi connectivity index (χ1v) is 11.8. The summed E-state index contributed by atoms with van der Waals surface area (Å²) in [5, 5.41) is 6.40. The van der Waals surface area contributed by atoms with Crippen LogP contribution in [0.2, 0.25) is 5.02 Å². The van der Waals surface area contributed by atoms with Crippen molar-refractivity contribution in [1.29, 1.82) is 0 Å². The van der Waals surface area contributed by atoms with E-state index >= 15 is 0 Å². The largest absolute Gasteiger partial charge is 0.326 e. The van der Waals surface area contributed by atoms with Gasteiger partial charge in [-0.05, 0) is 73.4 Å². The number of nitrogens with one attached hydrogen (secondary N) is 2. The molecule has 0 bridgehead atoms. The molecule has 4 nitrogen and oxygen atoms in total. The van der Waals surface area contributed by atoms with Gasteiger partial charge in [0.1, 0.15) is 0 Å². The topological polar surface area (TPSA) is 58.2 Å². The fourth-order valence-corrected chi connectivity index (χ4v) is 4.37. The zero-order valence-electron chi connectivity index (χ0n) is 18.4. The molecule has 1 atom stereocenters. The Labute approximate surface area is 198 Å². The molecule has 0 aliphatic rings. The second-order valence-corrected chi connectivity index (χ2v) is 9.34. The lowest BCUT2D eigenvalue weighted by molar-refractivity contribution is -0.116. The molecule has 0 radical (unpaired) electrons. The molecule has 0 saturated heterocycles. The maximum atomic E-state index is 12.9. The van der Waals surface area contributed by atoms with Crippen LogP contribution in [0.5, 0.6) is 0 Å². The van der Waals surface area contributed by atoms with Crippen LogP contribution in [0.1, 0.15) is 30.0 Å². The van der Waals surface area contributed by atoms with Crippen molar-refractivity contribution in [2.75, 3.05) is 10.6 Å². The van der Waals surface area contributed by atoms with Gasteiger partial charge < -0.3 is 10.6 Å². The van der Waals surface area contributed by atoms with Crippen molar-refractivity contribution in [2.45, 2.75) is 43.8 Å². The lowest BCUT2D eigenvalue weighted by Gasteiger charge is -2.17. The summed E-state index contributed by atoms with van der Waals surface area (Å²) in [5.41, 5.74) is 4.67. The number of thioether (sulfide) groups is 1. The Morgan fingerprint density at radius 3 is 2.41 bits per heavy atom. The van der Waals surface area contributed by atoms with Gasteiger partial charge >= 0.3 is 0 Å². The van der Waals surface area contributed by atoms with E-state index in [1.54, 1.807) is 12.1 Å². The fraction of sp³-hybridized carbons (Fsp3) is 0.231. The van der Waals surface area contributed by atoms with Crippen LogP contribution in [0.25, 0.3) is 0 Å². The molecule has 0 fully saturated rings. The van der Waals surface area contributed by atoms with E-state index in [2.05, 4.69) is 10.6 Å². The zero-order chi connectivity index (χ0) is 23.1. The molecule has 3 aromatic rings. The van der Waals surface area contributed by atoms with E-state index in [1.807, 2.05) is 75.4 Å². The van der Waals surface area contributed by atoms with Crippen molar-refractivity contribution < 1.29 is 9.59 Å². The minimum absolute atomic E-state index is 0.0247. The Kier molecular flexibility index (Phi) is 8.37. The normalized spacial score (nSPS) is 11.6. The summed E-state index contributed by atoms with van der Waals surface area (Å²) in [4.78, 5) is 26.2. The average Bonchev–Trinajstić information content (AvgIpc) is 2.77. The number of carbonyl (C=O) groups is 2. The summed E-state index contributed by atoms with van der Waals surface area (Å²) in [6.07, 6.45) is 0.957. The molecule has 3 aromatic carbocycles. The standard InChI is InChI=1S/C26H27ClN2O2S/c1-4-24(26(31)29-23-10-5-7-17(2)18(23)3)32-22-9-6-8-21(16-22)28-25(30)15-19-11-13-20(27)14-12-19/h5-14,16,24H,4,15H2,1-3H3,(H,28,30)(H,29,31). The van der Waals surface area contributed by atoms with Crippen molar-refractivity contribution in [3.63, 3.8) is 0 Å². The number of amides is 2. The van der Waals surface area contributed by atoms with Crippen molar-refractivity contribution in [2.24, 2.45) is 0 Å². The molecule has 2 N–H and O–H groups in total. The summed E-state index contributed by atoms with van der Waals surface area (Å²) < 4.78 is 0. The Bertz CT molecular complexity index is 1100. The number of aryl methyl sites for hydroxylation is 1. The molecule has 0 aliphatic carbocycles. The average molecular weight is 467 g/mol. The van der Waals surface area contributed by atoms with Crippen LogP contribution in [0.4, 0.5) is 11.4 Å². The Morgan fingerprint density at radius 2 is 1.69 bits per heavy atom. The first kappa shape index (κ1) is 23.9. The van der Waals surface area contributed by atoms with Gasteiger partial charge in [0.15, 0.2) is 0 Å². The number of hydrogen-bond acceptors (Lipinski definition) is 3. The van der Waals surface area contributed by atoms with E-state index in [0.29, 0.717) is 17.1 Å². The first-order chi connectivity index (χ1) is 15.4. The highest BCUT2D eigenvalue weighted by molar-refractivity contribution is 8.00. The minimum atomic E-state index is -0.241. The number of rotatable bonds is 8. The summed E-state index contributed by atoms with van der Waals surface area (Å²) in [6.45, 7) is 6.04. The molecule has 0 aliphatic heterocycles. The Hall–Kier alpha value is -2.76. The number of carbonyl (C=O) groups excluding carboxylic acids is 2. The van der Waals surface area contributed by atoms with Crippen LogP contribution in [0, 0.1) is 13.8 Å². The molecule has 0 spiro atoms. The second-order valence-electron chi connectivity index (χ2n) is 7.63. The van der Waals surface area contributed by atoms with Gasteiger partial charge in [0.05, 0.1) is 11.7 Å². The Morgan fingerprint density at radius 1 is 0.969 bits per heavy atom. The lowest BCUT2D eigenvalue weighted by atomic mass is 10.1. The van der Waals surface area contributed by atoms with Gasteiger partial charge in [0, 0.05) is 21.3 Å². The van der Waals surface area contributed by atoms with Gasteiger partial charge in [0.25, 0.3) is 0 Å². The van der Waals surface area contributed by atoms with Crippen molar-refractivity contribution in [3.05, 3.63) is 88.4 Å². The molecular formula is C26H27ClN2O2S. The smallest absolute Gasteiger partial charge is 0.237 e. The highest BCUT2D eigenvalue weighted by Gasteiger charge is 2.19. The summed E-state index contributed by atoms with van der Waals surface area (Å²) in [5.74, 6) is -0.127. The van der Waals surface area contributed by atoms with Crippen LogP contribution in [0.3, 0.4) is 0 Å². The van der Waals surface area contributed by atoms with E-state index in [1.165, 1.54) is 11.8 Å². The van der Waals surface area contributed by atoms with Crippen LogP contribution >= 0.6 is 23.4 Å². The zero-order valence-corrected chi connectivity index (χ0v) is 20.0. The Balaban J connectivity index is 1.63. The van der Waals surface area contributed by atoms with Crippen molar-refractivity contribution in [3.8, 4) is 0 Å². The summed E-state index contributed by atoms with van der Waals surface area (Å²) >= 11 is 7.39. The van der Waals surface area contributed by atoms with Gasteiger partial charge in [0.2, 0.25) is 11.8 Å². The van der Waals surface area contributed by atoms with E-state index in [0.717, 1.165) is 27.3 Å². The fourth-order valence-electron chi connectivity index (χ4n) is 3.23. The molecule has 0 heterocycles. The van der Waals surface area contributed by atoms with Crippen LogP contribution in [0.15, 0.2) is 71.6 Å². The number of anilines is 2. The van der Waals surface area contributed by atoms with Crippen LogP contribution in [-0.4, -0.2) is 17.1 Å². The minimum Gasteiger partial charge on any atom is -0.326 e. The van der Waals surface area contributed by atoms with E-state index < -0.39 is 0 Å². The van der Waals surface area contributed by atoms with Crippen molar-refractivity contribution in [1.82, 2.24) is 0 Å². The molecule has 166 valence electrons. The predicted molar refractivity (Wildman–Crippen MR) is 135 cm³/mol. The monoisotopic (exact) mass is 466 g/mol. The van der Waals surface area contributed by atoms with Gasteiger partial charge in [-0.2, -0.15) is 0 Å². The van der Waals surface area contributed by atoms with Gasteiger partial charge in [-0.3, -0.25) is 9.59 Å². The summed E-state index contributed by atoms with van der Waals surface area (Å²) in [7, 11) is 0. The predicted octanol–water partition coefficient (Wildman–Crippen LogP) is 6.65. The van der Waals surface area contributed by atoms with Crippen molar-refractivity contribution >= 4 is 46.6 Å². The lowest BCUT2D eigenvalue weighted by Crippen LogP contribution is -2.25. The van der Waals surface area contributed by atoms with E-state index in [9.17, 15) is 9.59 Å². The quantitative estimate of drug-likeness (QED) is 0.365. The maximum Gasteiger partial charge on any atom is 0.237 e. The molecule has 32 heavy (non-hydrogen) atoms. The summed E-state index contributed by atoms with van der Waals surface area (Å²) in [6, 6.07) is 20.7. The molecular weight excluding hydrogens is 440 g/mol. The van der Waals surface area contributed by atoms with E-state index in [-0.39, 0.29) is 23.5 Å². The number of hydrogen-bond donors (Lipinski definition) is 2. The third-order valence-corrected chi connectivity index (χ3v) is 6.81. The second kappa shape index (κ2) is 11.2. The molecule has 6 heteroatoms. The van der Waals surface area contributed by atoms with Crippen LogP contribution < -0.4 is 10.6 Å². The third kappa shape index (κ3) is 6.62. The molecule has 2 amide bonds. The third-order valence-electron chi connectivity index (χ3n) is 5.20. The van der Waals surface area contributed by atoms with Gasteiger partial charge in [-0.1, -0.05) is 48.9 Å². The first-order valence-electron chi connectivity index (χ1n) is 10.5. The highest BCUT2D eigenvalue weighted by Crippen LogP contribution is 2.29. The molecule has 0 saturated carbocycles. The molecule has 1 unspecified atom stereocenters. The highest BCUT2D eigenvalue weighted by atomic mass is 35.5. The van der Waals surface area contributed by atoms with Gasteiger partial charge in [-0.25, -0.2) is 0 Å². The number of benzene rings is 3.